The Balaban J connectivity index is 1.75. The summed E-state index contributed by atoms with van der Waals surface area (Å²) in [6.07, 6.45) is 5.43. The molecule has 236 valence electrons. The SMILES string of the molecule is CC[C@@H](C(=O)NC1CCCCC1)N(Cc1ccc(Cl)cc1)C(=O)CN(c1cc(C)ccc1OC)S(=O)(=O)c1ccc(C)cc1. The Kier molecular flexibility index (Phi) is 11.3. The van der Waals surface area contributed by atoms with E-state index < -0.39 is 28.5 Å². The van der Waals surface area contributed by atoms with Crippen molar-refractivity contribution in [3.63, 3.8) is 0 Å². The molecule has 1 fully saturated rings. The lowest BCUT2D eigenvalue weighted by molar-refractivity contribution is -0.140. The topological polar surface area (TPSA) is 96.0 Å². The summed E-state index contributed by atoms with van der Waals surface area (Å²) in [6.45, 7) is 5.15. The maximum absolute atomic E-state index is 14.4. The number of benzene rings is 3. The predicted octanol–water partition coefficient (Wildman–Crippen LogP) is 6.42. The van der Waals surface area contributed by atoms with E-state index in [1.807, 2.05) is 26.8 Å². The van der Waals surface area contributed by atoms with Gasteiger partial charge < -0.3 is 15.0 Å². The summed E-state index contributed by atoms with van der Waals surface area (Å²) in [5, 5.41) is 3.72. The van der Waals surface area contributed by atoms with E-state index in [1.54, 1.807) is 48.5 Å². The molecule has 0 aromatic heterocycles. The summed E-state index contributed by atoms with van der Waals surface area (Å²) < 4.78 is 35.1. The summed E-state index contributed by atoms with van der Waals surface area (Å²) in [5.41, 5.74) is 2.72. The molecule has 2 amide bonds. The lowest BCUT2D eigenvalue weighted by Crippen LogP contribution is -2.54. The standard InChI is InChI=1S/C34H42ClN3O5S/c1-5-30(34(40)36-28-9-7-6-8-10-28)37(22-26-14-16-27(35)17-15-26)33(39)23-38(31-21-25(3)13-20-32(31)43-4)44(41,42)29-18-11-24(2)12-19-29/h11-21,28,30H,5-10,22-23H2,1-4H3,(H,36,40)/t30-/m0/s1. The Labute approximate surface area is 266 Å². The number of halogens is 1. The Bertz CT molecular complexity index is 1540. The third-order valence-corrected chi connectivity index (χ3v) is 10.1. The van der Waals surface area contributed by atoms with Crippen LogP contribution in [0, 0.1) is 13.8 Å². The number of aryl methyl sites for hydroxylation is 2. The number of carbonyl (C=O) groups excluding carboxylic acids is 2. The molecule has 0 saturated heterocycles. The van der Waals surface area contributed by atoms with E-state index in [1.165, 1.54) is 24.1 Å². The number of anilines is 1. The summed E-state index contributed by atoms with van der Waals surface area (Å²) in [6, 6.07) is 18.0. The molecular formula is C34H42ClN3O5S. The number of nitrogens with zero attached hydrogens (tertiary/aromatic N) is 2. The highest BCUT2D eigenvalue weighted by Crippen LogP contribution is 2.34. The number of sulfonamides is 1. The molecular weight excluding hydrogens is 598 g/mol. The lowest BCUT2D eigenvalue weighted by Gasteiger charge is -2.34. The molecule has 44 heavy (non-hydrogen) atoms. The van der Waals surface area contributed by atoms with Gasteiger partial charge in [-0.15, -0.1) is 0 Å². The van der Waals surface area contributed by atoms with Gasteiger partial charge in [-0.1, -0.05) is 73.7 Å². The van der Waals surface area contributed by atoms with Gasteiger partial charge in [-0.25, -0.2) is 8.42 Å². The molecule has 0 aliphatic heterocycles. The number of ether oxygens (including phenoxy) is 1. The number of nitrogens with one attached hydrogen (secondary N) is 1. The molecule has 1 saturated carbocycles. The maximum atomic E-state index is 14.4. The molecule has 0 unspecified atom stereocenters. The van der Waals surface area contributed by atoms with Crippen molar-refractivity contribution in [3.05, 3.63) is 88.4 Å². The largest absolute Gasteiger partial charge is 0.495 e. The van der Waals surface area contributed by atoms with Crippen LogP contribution in [0.3, 0.4) is 0 Å². The monoisotopic (exact) mass is 639 g/mol. The van der Waals surface area contributed by atoms with Crippen LogP contribution in [-0.4, -0.2) is 50.9 Å². The smallest absolute Gasteiger partial charge is 0.264 e. The zero-order chi connectivity index (χ0) is 31.9. The molecule has 1 aliphatic rings. The zero-order valence-electron chi connectivity index (χ0n) is 25.9. The second-order valence-electron chi connectivity index (χ2n) is 11.4. The van der Waals surface area contributed by atoms with Crippen molar-refractivity contribution in [2.75, 3.05) is 18.0 Å². The molecule has 0 radical (unpaired) electrons. The van der Waals surface area contributed by atoms with Gasteiger partial charge in [0.05, 0.1) is 17.7 Å². The molecule has 0 spiro atoms. The first-order chi connectivity index (χ1) is 21.0. The van der Waals surface area contributed by atoms with Crippen molar-refractivity contribution in [2.24, 2.45) is 0 Å². The van der Waals surface area contributed by atoms with Crippen LogP contribution < -0.4 is 14.4 Å². The molecule has 4 rings (SSSR count). The summed E-state index contributed by atoms with van der Waals surface area (Å²) >= 11 is 6.13. The Morgan fingerprint density at radius 2 is 1.59 bits per heavy atom. The van der Waals surface area contributed by atoms with E-state index in [9.17, 15) is 18.0 Å². The Morgan fingerprint density at radius 1 is 0.955 bits per heavy atom. The number of amides is 2. The Hall–Kier alpha value is -3.56. The highest BCUT2D eigenvalue weighted by Gasteiger charge is 2.35. The summed E-state index contributed by atoms with van der Waals surface area (Å²) in [7, 11) is -2.75. The van der Waals surface area contributed by atoms with E-state index in [0.29, 0.717) is 17.2 Å². The molecule has 3 aromatic rings. The van der Waals surface area contributed by atoms with Gasteiger partial charge in [-0.3, -0.25) is 13.9 Å². The number of methoxy groups -OCH3 is 1. The first-order valence-corrected chi connectivity index (χ1v) is 16.9. The first kappa shape index (κ1) is 33.3. The van der Waals surface area contributed by atoms with Crippen molar-refractivity contribution >= 4 is 39.1 Å². The van der Waals surface area contributed by atoms with E-state index in [2.05, 4.69) is 5.32 Å². The molecule has 1 aliphatic carbocycles. The van der Waals surface area contributed by atoms with Crippen LogP contribution in [0.25, 0.3) is 0 Å². The minimum absolute atomic E-state index is 0.0470. The first-order valence-electron chi connectivity index (χ1n) is 15.1. The van der Waals surface area contributed by atoms with Gasteiger partial charge in [0.25, 0.3) is 10.0 Å². The average molecular weight is 640 g/mol. The minimum Gasteiger partial charge on any atom is -0.495 e. The second kappa shape index (κ2) is 14.9. The van der Waals surface area contributed by atoms with Crippen LogP contribution >= 0.6 is 11.6 Å². The van der Waals surface area contributed by atoms with Gasteiger partial charge in [-0.2, -0.15) is 0 Å². The van der Waals surface area contributed by atoms with E-state index >= 15 is 0 Å². The minimum atomic E-state index is -4.21. The van der Waals surface area contributed by atoms with Crippen molar-refractivity contribution in [3.8, 4) is 5.75 Å². The van der Waals surface area contributed by atoms with Crippen LogP contribution in [-0.2, 0) is 26.2 Å². The number of rotatable bonds is 12. The highest BCUT2D eigenvalue weighted by atomic mass is 35.5. The van der Waals surface area contributed by atoms with Crippen molar-refractivity contribution in [1.82, 2.24) is 10.2 Å². The van der Waals surface area contributed by atoms with Crippen LogP contribution in [0.5, 0.6) is 5.75 Å². The van der Waals surface area contributed by atoms with Gasteiger partial charge >= 0.3 is 0 Å². The summed E-state index contributed by atoms with van der Waals surface area (Å²) in [4.78, 5) is 29.6. The highest BCUT2D eigenvalue weighted by molar-refractivity contribution is 7.92. The fraction of sp³-hybridized carbons (Fsp3) is 0.412. The van der Waals surface area contributed by atoms with E-state index in [-0.39, 0.29) is 29.1 Å². The van der Waals surface area contributed by atoms with Gasteiger partial charge in [0.2, 0.25) is 11.8 Å². The molecule has 1 N–H and O–H groups in total. The number of hydrogen-bond acceptors (Lipinski definition) is 5. The van der Waals surface area contributed by atoms with Crippen LogP contribution in [0.1, 0.15) is 62.1 Å². The zero-order valence-corrected chi connectivity index (χ0v) is 27.5. The molecule has 0 bridgehead atoms. The fourth-order valence-corrected chi connectivity index (χ4v) is 7.14. The third-order valence-electron chi connectivity index (χ3n) is 8.09. The average Bonchev–Trinajstić information content (AvgIpc) is 3.01. The fourth-order valence-electron chi connectivity index (χ4n) is 5.60. The number of carbonyl (C=O) groups is 2. The van der Waals surface area contributed by atoms with E-state index in [4.69, 9.17) is 16.3 Å². The molecule has 1 atom stereocenters. The Morgan fingerprint density at radius 3 is 2.20 bits per heavy atom. The molecule has 8 nitrogen and oxygen atoms in total. The van der Waals surface area contributed by atoms with Gasteiger partial charge in [0.15, 0.2) is 0 Å². The molecule has 10 heteroatoms. The van der Waals surface area contributed by atoms with Gasteiger partial charge in [0, 0.05) is 17.6 Å². The molecule has 3 aromatic carbocycles. The lowest BCUT2D eigenvalue weighted by atomic mass is 9.95. The molecule has 0 heterocycles. The normalized spacial score (nSPS) is 14.5. The van der Waals surface area contributed by atoms with Crippen molar-refractivity contribution in [1.29, 1.82) is 0 Å². The maximum Gasteiger partial charge on any atom is 0.264 e. The van der Waals surface area contributed by atoms with Gasteiger partial charge in [-0.05, 0) is 80.6 Å². The number of hydrogen-bond donors (Lipinski definition) is 1. The van der Waals surface area contributed by atoms with Crippen LogP contribution in [0.2, 0.25) is 5.02 Å². The van der Waals surface area contributed by atoms with Crippen LogP contribution in [0.4, 0.5) is 5.69 Å². The van der Waals surface area contributed by atoms with Gasteiger partial charge in [0.1, 0.15) is 18.3 Å². The van der Waals surface area contributed by atoms with Crippen LogP contribution in [0.15, 0.2) is 71.6 Å². The predicted molar refractivity (Wildman–Crippen MR) is 175 cm³/mol. The third kappa shape index (κ3) is 8.12. The van der Waals surface area contributed by atoms with Crippen molar-refractivity contribution < 1.29 is 22.7 Å². The summed E-state index contributed by atoms with van der Waals surface area (Å²) in [5.74, 6) is -0.432. The van der Waals surface area contributed by atoms with Crippen molar-refractivity contribution in [2.45, 2.75) is 82.8 Å². The second-order valence-corrected chi connectivity index (χ2v) is 13.7. The van der Waals surface area contributed by atoms with E-state index in [0.717, 1.165) is 53.1 Å². The quantitative estimate of drug-likeness (QED) is 0.247.